The van der Waals surface area contributed by atoms with Crippen molar-refractivity contribution in [2.45, 2.75) is 34.2 Å². The lowest BCUT2D eigenvalue weighted by molar-refractivity contribution is 0.311. The largest absolute Gasteiger partial charge is 0.496 e. The van der Waals surface area contributed by atoms with Gasteiger partial charge < -0.3 is 24.8 Å². The third-order valence-corrected chi connectivity index (χ3v) is 4.21. The van der Waals surface area contributed by atoms with Crippen LogP contribution in [0.1, 0.15) is 30.7 Å². The number of aryl methyl sites for hydroxylation is 1. The Morgan fingerprint density at radius 1 is 1.10 bits per heavy atom. The van der Waals surface area contributed by atoms with Crippen molar-refractivity contribution < 1.29 is 14.2 Å². The molecular formula is C21H31IN4O3. The van der Waals surface area contributed by atoms with Crippen molar-refractivity contribution in [3.05, 3.63) is 41.2 Å². The summed E-state index contributed by atoms with van der Waals surface area (Å²) in [6.07, 6.45) is 1.81. The van der Waals surface area contributed by atoms with Gasteiger partial charge in [0.05, 0.1) is 33.1 Å². The molecule has 0 saturated carbocycles. The van der Waals surface area contributed by atoms with E-state index in [4.69, 9.17) is 14.2 Å². The van der Waals surface area contributed by atoms with Crippen molar-refractivity contribution in [3.8, 4) is 17.2 Å². The number of ether oxygens (including phenoxy) is 3. The van der Waals surface area contributed by atoms with Gasteiger partial charge in [-0.15, -0.1) is 24.0 Å². The van der Waals surface area contributed by atoms with E-state index in [0.29, 0.717) is 30.6 Å². The van der Waals surface area contributed by atoms with Gasteiger partial charge >= 0.3 is 0 Å². The molecule has 0 aliphatic heterocycles. The van der Waals surface area contributed by atoms with Crippen LogP contribution < -0.4 is 24.8 Å². The number of aromatic nitrogens is 1. The molecule has 8 heteroatoms. The Kier molecular flexibility index (Phi) is 10.6. The van der Waals surface area contributed by atoms with E-state index in [2.05, 4.69) is 20.6 Å². The standard InChI is InChI=1S/C21H30N4O3.HI/c1-7-22-21(24-13-17-15(4)20(27-6)14(3)12-23-17)25-16-9-10-18(26-5)19(11-16)28-8-2;/h9-12H,7-8,13H2,1-6H3,(H2,22,24,25);1H. The smallest absolute Gasteiger partial charge is 0.196 e. The fourth-order valence-electron chi connectivity index (χ4n) is 2.85. The van der Waals surface area contributed by atoms with Gasteiger partial charge in [-0.05, 0) is 39.8 Å². The van der Waals surface area contributed by atoms with E-state index in [-0.39, 0.29) is 24.0 Å². The molecule has 0 unspecified atom stereocenters. The van der Waals surface area contributed by atoms with Crippen LogP contribution in [-0.2, 0) is 6.54 Å². The first kappa shape index (κ1) is 24.8. The van der Waals surface area contributed by atoms with E-state index in [0.717, 1.165) is 34.8 Å². The highest BCUT2D eigenvalue weighted by molar-refractivity contribution is 14.0. The average molecular weight is 514 g/mol. The van der Waals surface area contributed by atoms with Gasteiger partial charge in [-0.2, -0.15) is 0 Å². The summed E-state index contributed by atoms with van der Waals surface area (Å²) in [6, 6.07) is 5.69. The van der Waals surface area contributed by atoms with Gasteiger partial charge in [0.1, 0.15) is 5.75 Å². The normalized spacial score (nSPS) is 10.8. The summed E-state index contributed by atoms with van der Waals surface area (Å²) < 4.78 is 16.5. The molecule has 2 N–H and O–H groups in total. The molecule has 0 atom stereocenters. The van der Waals surface area contributed by atoms with E-state index < -0.39 is 0 Å². The van der Waals surface area contributed by atoms with E-state index in [1.807, 2.05) is 52.1 Å². The molecule has 0 saturated heterocycles. The highest BCUT2D eigenvalue weighted by Crippen LogP contribution is 2.30. The maximum atomic E-state index is 5.64. The van der Waals surface area contributed by atoms with Crippen molar-refractivity contribution in [2.24, 2.45) is 4.99 Å². The van der Waals surface area contributed by atoms with Crippen LogP contribution in [0.3, 0.4) is 0 Å². The minimum atomic E-state index is 0. The zero-order valence-corrected chi connectivity index (χ0v) is 20.3. The Bertz CT molecular complexity index is 828. The van der Waals surface area contributed by atoms with Crippen LogP contribution in [0.4, 0.5) is 5.69 Å². The maximum absolute atomic E-state index is 5.64. The Balaban J connectivity index is 0.00000420. The second-order valence-electron chi connectivity index (χ2n) is 6.16. The zero-order valence-electron chi connectivity index (χ0n) is 18.0. The summed E-state index contributed by atoms with van der Waals surface area (Å²) in [5.74, 6) is 2.90. The molecule has 0 spiro atoms. The number of rotatable bonds is 8. The van der Waals surface area contributed by atoms with E-state index in [1.165, 1.54) is 0 Å². The molecule has 1 aromatic heterocycles. The molecule has 1 aromatic carbocycles. The third-order valence-electron chi connectivity index (χ3n) is 4.21. The van der Waals surface area contributed by atoms with Gasteiger partial charge in [-0.25, -0.2) is 4.99 Å². The minimum absolute atomic E-state index is 0. The van der Waals surface area contributed by atoms with Crippen LogP contribution in [0.5, 0.6) is 17.2 Å². The molecule has 0 radical (unpaired) electrons. The number of guanidine groups is 1. The number of nitrogens with one attached hydrogen (secondary N) is 2. The van der Waals surface area contributed by atoms with Crippen molar-refractivity contribution in [1.29, 1.82) is 0 Å². The molecule has 160 valence electrons. The highest BCUT2D eigenvalue weighted by Gasteiger charge is 2.10. The molecule has 2 aromatic rings. The van der Waals surface area contributed by atoms with E-state index in [1.54, 1.807) is 14.2 Å². The number of halogens is 1. The number of nitrogens with zero attached hydrogens (tertiary/aromatic N) is 2. The van der Waals surface area contributed by atoms with E-state index in [9.17, 15) is 0 Å². The first-order valence-electron chi connectivity index (χ1n) is 9.39. The third kappa shape index (κ3) is 6.66. The first-order valence-corrected chi connectivity index (χ1v) is 9.39. The Labute approximate surface area is 190 Å². The lowest BCUT2D eigenvalue weighted by Crippen LogP contribution is -2.30. The second kappa shape index (κ2) is 12.4. The lowest BCUT2D eigenvalue weighted by atomic mass is 10.1. The summed E-state index contributed by atoms with van der Waals surface area (Å²) >= 11 is 0. The molecule has 0 bridgehead atoms. The monoisotopic (exact) mass is 514 g/mol. The Morgan fingerprint density at radius 3 is 2.48 bits per heavy atom. The second-order valence-corrected chi connectivity index (χ2v) is 6.16. The Hall–Kier alpha value is -2.23. The molecular weight excluding hydrogens is 483 g/mol. The van der Waals surface area contributed by atoms with Gasteiger partial charge in [0.25, 0.3) is 0 Å². The van der Waals surface area contributed by atoms with Crippen LogP contribution >= 0.6 is 24.0 Å². The number of aliphatic imine (C=N–C) groups is 1. The van der Waals surface area contributed by atoms with Crippen molar-refractivity contribution in [2.75, 3.05) is 32.7 Å². The number of methoxy groups -OCH3 is 2. The highest BCUT2D eigenvalue weighted by atomic mass is 127. The van der Waals surface area contributed by atoms with Gasteiger partial charge in [0, 0.05) is 35.6 Å². The summed E-state index contributed by atoms with van der Waals surface area (Å²) in [5, 5.41) is 6.55. The Morgan fingerprint density at radius 2 is 1.86 bits per heavy atom. The zero-order chi connectivity index (χ0) is 20.5. The van der Waals surface area contributed by atoms with Crippen LogP contribution in [-0.4, -0.2) is 38.3 Å². The predicted octanol–water partition coefficient (Wildman–Crippen LogP) is 4.31. The fraction of sp³-hybridized carbons (Fsp3) is 0.429. The number of anilines is 1. The number of benzene rings is 1. The fourth-order valence-corrected chi connectivity index (χ4v) is 2.85. The van der Waals surface area contributed by atoms with Crippen LogP contribution in [0, 0.1) is 13.8 Å². The van der Waals surface area contributed by atoms with Crippen LogP contribution in [0.15, 0.2) is 29.4 Å². The topological polar surface area (TPSA) is 77.0 Å². The van der Waals surface area contributed by atoms with Gasteiger partial charge in [0.2, 0.25) is 0 Å². The molecule has 0 aliphatic rings. The van der Waals surface area contributed by atoms with Gasteiger partial charge in [-0.3, -0.25) is 4.98 Å². The summed E-state index contributed by atoms with van der Waals surface area (Å²) in [6.45, 7) is 9.69. The quantitative estimate of drug-likeness (QED) is 0.311. The molecule has 0 aliphatic carbocycles. The summed E-state index contributed by atoms with van der Waals surface area (Å²) in [7, 11) is 3.30. The van der Waals surface area contributed by atoms with Crippen LogP contribution in [0.25, 0.3) is 0 Å². The van der Waals surface area contributed by atoms with Gasteiger partial charge in [-0.1, -0.05) is 0 Å². The van der Waals surface area contributed by atoms with Crippen molar-refractivity contribution >= 4 is 35.6 Å². The molecule has 29 heavy (non-hydrogen) atoms. The molecule has 2 rings (SSSR count). The number of hydrogen-bond acceptors (Lipinski definition) is 5. The molecule has 7 nitrogen and oxygen atoms in total. The number of hydrogen-bond donors (Lipinski definition) is 2. The van der Waals surface area contributed by atoms with E-state index >= 15 is 0 Å². The summed E-state index contributed by atoms with van der Waals surface area (Å²) in [4.78, 5) is 9.17. The van der Waals surface area contributed by atoms with Crippen LogP contribution in [0.2, 0.25) is 0 Å². The van der Waals surface area contributed by atoms with Crippen molar-refractivity contribution in [3.63, 3.8) is 0 Å². The molecule has 1 heterocycles. The number of pyridine rings is 1. The first-order chi connectivity index (χ1) is 13.5. The van der Waals surface area contributed by atoms with Crippen molar-refractivity contribution in [1.82, 2.24) is 10.3 Å². The lowest BCUT2D eigenvalue weighted by Gasteiger charge is -2.15. The minimum Gasteiger partial charge on any atom is -0.496 e. The maximum Gasteiger partial charge on any atom is 0.196 e. The van der Waals surface area contributed by atoms with Gasteiger partial charge in [0.15, 0.2) is 17.5 Å². The molecule has 0 fully saturated rings. The SMILES string of the molecule is CCNC(=NCc1ncc(C)c(OC)c1C)Nc1ccc(OC)c(OCC)c1.I. The predicted molar refractivity (Wildman–Crippen MR) is 128 cm³/mol. The summed E-state index contributed by atoms with van der Waals surface area (Å²) in [5.41, 5.74) is 3.75. The average Bonchev–Trinajstić information content (AvgIpc) is 2.68. The molecule has 0 amide bonds.